The molecule has 31 heavy (non-hydrogen) atoms. The van der Waals surface area contributed by atoms with Gasteiger partial charge in [-0.3, -0.25) is 4.79 Å². The Bertz CT molecular complexity index is 1050. The van der Waals surface area contributed by atoms with Crippen molar-refractivity contribution in [2.45, 2.75) is 25.7 Å². The zero-order valence-electron chi connectivity index (χ0n) is 17.4. The summed E-state index contributed by atoms with van der Waals surface area (Å²) in [7, 11) is 1.50. The summed E-state index contributed by atoms with van der Waals surface area (Å²) in [6.07, 6.45) is 3.10. The highest BCUT2D eigenvalue weighted by Gasteiger charge is 2.27. The lowest BCUT2D eigenvalue weighted by Gasteiger charge is -2.31. The van der Waals surface area contributed by atoms with Crippen LogP contribution in [0.4, 0.5) is 4.39 Å². The van der Waals surface area contributed by atoms with Crippen molar-refractivity contribution in [3.8, 4) is 17.2 Å². The molecule has 0 radical (unpaired) electrons. The molecule has 8 heteroatoms. The molecule has 1 aromatic carbocycles. The third kappa shape index (κ3) is 4.79. The second kappa shape index (κ2) is 9.07. The van der Waals surface area contributed by atoms with Crippen molar-refractivity contribution in [1.29, 1.82) is 0 Å². The normalized spacial score (nSPS) is 14.4. The molecule has 1 fully saturated rings. The predicted octanol–water partition coefficient (Wildman–Crippen LogP) is 4.14. The summed E-state index contributed by atoms with van der Waals surface area (Å²) in [6.45, 7) is 3.16. The monoisotopic (exact) mass is 422 g/mol. The molecule has 1 aliphatic heterocycles. The van der Waals surface area contributed by atoms with Gasteiger partial charge in [0.1, 0.15) is 17.3 Å². The number of hydrogen-bond acceptors (Lipinski definition) is 6. The van der Waals surface area contributed by atoms with E-state index in [4.69, 9.17) is 9.47 Å². The Morgan fingerprint density at radius 1 is 1.06 bits per heavy atom. The molecular weight excluding hydrogens is 399 g/mol. The molecule has 0 aliphatic carbocycles. The fourth-order valence-electron chi connectivity index (χ4n) is 3.57. The van der Waals surface area contributed by atoms with Crippen molar-refractivity contribution < 1.29 is 18.7 Å². The first-order chi connectivity index (χ1) is 15.0. The van der Waals surface area contributed by atoms with Crippen molar-refractivity contribution in [2.75, 3.05) is 20.2 Å². The van der Waals surface area contributed by atoms with E-state index in [-0.39, 0.29) is 17.4 Å². The molecule has 3 heterocycles. The molecular formula is C23H23FN4O3. The van der Waals surface area contributed by atoms with Gasteiger partial charge >= 0.3 is 0 Å². The molecule has 4 rings (SSSR count). The maximum atomic E-state index is 13.1. The van der Waals surface area contributed by atoms with Crippen LogP contribution in [0, 0.1) is 12.7 Å². The van der Waals surface area contributed by atoms with Gasteiger partial charge < -0.3 is 14.4 Å². The Balaban J connectivity index is 1.42. The molecule has 3 aromatic rings. The van der Waals surface area contributed by atoms with Crippen LogP contribution in [0.1, 0.15) is 40.6 Å². The number of ether oxygens (including phenoxy) is 2. The number of likely N-dealkylation sites (tertiary alicyclic amines) is 1. The van der Waals surface area contributed by atoms with Crippen molar-refractivity contribution in [3.05, 3.63) is 71.6 Å². The minimum absolute atomic E-state index is 0.153. The van der Waals surface area contributed by atoms with E-state index in [1.165, 1.54) is 37.6 Å². The van der Waals surface area contributed by atoms with Crippen LogP contribution >= 0.6 is 0 Å². The third-order valence-corrected chi connectivity index (χ3v) is 5.33. The zero-order valence-corrected chi connectivity index (χ0v) is 17.4. The van der Waals surface area contributed by atoms with Crippen LogP contribution in [0.15, 0.2) is 48.7 Å². The van der Waals surface area contributed by atoms with Crippen molar-refractivity contribution in [3.63, 3.8) is 0 Å². The highest BCUT2D eigenvalue weighted by molar-refractivity contribution is 5.93. The fourth-order valence-corrected chi connectivity index (χ4v) is 3.57. The average molecular weight is 422 g/mol. The lowest BCUT2D eigenvalue weighted by Crippen LogP contribution is -2.38. The number of aromatic nitrogens is 3. The van der Waals surface area contributed by atoms with Crippen LogP contribution in [0.3, 0.4) is 0 Å². The Morgan fingerprint density at radius 2 is 1.81 bits per heavy atom. The highest BCUT2D eigenvalue weighted by Crippen LogP contribution is 2.32. The van der Waals surface area contributed by atoms with Gasteiger partial charge in [0.05, 0.1) is 24.7 Å². The summed E-state index contributed by atoms with van der Waals surface area (Å²) in [5.41, 5.74) is 2.15. The van der Waals surface area contributed by atoms with E-state index in [0.29, 0.717) is 36.3 Å². The van der Waals surface area contributed by atoms with E-state index >= 15 is 0 Å². The number of carbonyl (C=O) groups excluding carboxylic acids is 1. The molecule has 160 valence electrons. The predicted molar refractivity (Wildman–Crippen MR) is 112 cm³/mol. The smallest absolute Gasteiger partial charge is 0.272 e. The van der Waals surface area contributed by atoms with Gasteiger partial charge in [0, 0.05) is 25.1 Å². The Labute approximate surface area is 179 Å². The zero-order chi connectivity index (χ0) is 21.8. The second-order valence-corrected chi connectivity index (χ2v) is 7.44. The van der Waals surface area contributed by atoms with E-state index < -0.39 is 0 Å². The number of amides is 1. The molecule has 1 saturated heterocycles. The average Bonchev–Trinajstić information content (AvgIpc) is 2.81. The van der Waals surface area contributed by atoms with Crippen molar-refractivity contribution in [1.82, 2.24) is 20.1 Å². The third-order valence-electron chi connectivity index (χ3n) is 5.33. The molecule has 0 saturated carbocycles. The number of piperidine rings is 1. The van der Waals surface area contributed by atoms with E-state index in [0.717, 1.165) is 24.2 Å². The summed E-state index contributed by atoms with van der Waals surface area (Å²) in [4.78, 5) is 19.0. The first-order valence-corrected chi connectivity index (χ1v) is 10.1. The minimum atomic E-state index is -0.350. The first-order valence-electron chi connectivity index (χ1n) is 10.1. The fraction of sp³-hybridized carbons (Fsp3) is 0.304. The summed E-state index contributed by atoms with van der Waals surface area (Å²) >= 11 is 0. The van der Waals surface area contributed by atoms with Crippen molar-refractivity contribution in [2.24, 2.45) is 0 Å². The standard InChI is InChI=1S/C23H23FN4O3/c1-15-3-8-19(27-26-15)16-9-11-28(12-10-16)23(29)20-13-21(30-2)22(14-25-20)31-18-6-4-17(24)5-7-18/h3-8,13-14,16H,9-12H2,1-2H3. The van der Waals surface area contributed by atoms with Crippen LogP contribution in [-0.2, 0) is 0 Å². The first kappa shape index (κ1) is 20.7. The summed E-state index contributed by atoms with van der Waals surface area (Å²) in [6, 6.07) is 11.2. The topological polar surface area (TPSA) is 77.4 Å². The minimum Gasteiger partial charge on any atom is -0.493 e. The summed E-state index contributed by atoms with van der Waals surface area (Å²) in [5, 5.41) is 8.42. The quantitative estimate of drug-likeness (QED) is 0.615. The van der Waals surface area contributed by atoms with Gasteiger partial charge in [0.25, 0.3) is 5.91 Å². The number of carbonyl (C=O) groups is 1. The van der Waals surface area contributed by atoms with Gasteiger partial charge in [0.2, 0.25) is 0 Å². The van der Waals surface area contributed by atoms with Crippen LogP contribution < -0.4 is 9.47 Å². The van der Waals surface area contributed by atoms with E-state index in [1.807, 2.05) is 19.1 Å². The SMILES string of the molecule is COc1cc(C(=O)N2CCC(c3ccc(C)nn3)CC2)ncc1Oc1ccc(F)cc1. The second-order valence-electron chi connectivity index (χ2n) is 7.44. The highest BCUT2D eigenvalue weighted by atomic mass is 19.1. The molecule has 7 nitrogen and oxygen atoms in total. The Hall–Kier alpha value is -3.55. The van der Waals surface area contributed by atoms with Gasteiger partial charge in [-0.1, -0.05) is 0 Å². The Morgan fingerprint density at radius 3 is 2.45 bits per heavy atom. The van der Waals surface area contributed by atoms with Crippen LogP contribution in [0.25, 0.3) is 0 Å². The number of aryl methyl sites for hydroxylation is 1. The molecule has 0 spiro atoms. The summed E-state index contributed by atoms with van der Waals surface area (Å²) < 4.78 is 24.2. The lowest BCUT2D eigenvalue weighted by atomic mass is 9.93. The molecule has 0 unspecified atom stereocenters. The van der Waals surface area contributed by atoms with E-state index in [2.05, 4.69) is 15.2 Å². The number of nitrogens with zero attached hydrogens (tertiary/aromatic N) is 4. The molecule has 2 aromatic heterocycles. The van der Waals surface area contributed by atoms with E-state index in [9.17, 15) is 9.18 Å². The number of benzene rings is 1. The number of hydrogen-bond donors (Lipinski definition) is 0. The molecule has 1 amide bonds. The van der Waals surface area contributed by atoms with Gasteiger partial charge in [-0.15, -0.1) is 0 Å². The molecule has 1 aliphatic rings. The molecule has 0 N–H and O–H groups in total. The maximum absolute atomic E-state index is 13.1. The summed E-state index contributed by atoms with van der Waals surface area (Å²) in [5.74, 6) is 0.972. The van der Waals surface area contributed by atoms with E-state index in [1.54, 1.807) is 11.0 Å². The lowest BCUT2D eigenvalue weighted by molar-refractivity contribution is 0.0705. The van der Waals surface area contributed by atoms with Gasteiger partial charge in [-0.05, 0) is 56.2 Å². The maximum Gasteiger partial charge on any atom is 0.272 e. The van der Waals surface area contributed by atoms with Gasteiger partial charge in [-0.2, -0.15) is 10.2 Å². The van der Waals surface area contributed by atoms with Crippen LogP contribution in [0.2, 0.25) is 0 Å². The number of methoxy groups -OCH3 is 1. The van der Waals surface area contributed by atoms with Crippen molar-refractivity contribution >= 4 is 5.91 Å². The van der Waals surface area contributed by atoms with Gasteiger partial charge in [0.15, 0.2) is 11.5 Å². The number of pyridine rings is 1. The molecule has 0 atom stereocenters. The van der Waals surface area contributed by atoms with Crippen LogP contribution in [0.5, 0.6) is 17.2 Å². The number of halogens is 1. The largest absolute Gasteiger partial charge is 0.493 e. The molecule has 0 bridgehead atoms. The van der Waals surface area contributed by atoms with Crippen LogP contribution in [-0.4, -0.2) is 46.2 Å². The number of rotatable bonds is 5. The van der Waals surface area contributed by atoms with Gasteiger partial charge in [-0.25, -0.2) is 9.37 Å². The Kier molecular flexibility index (Phi) is 6.06.